The molecule has 0 saturated heterocycles. The number of aryl methyl sites for hydroxylation is 2. The number of nitrogen functional groups attached to an aromatic ring is 1. The summed E-state index contributed by atoms with van der Waals surface area (Å²) in [7, 11) is 0. The number of nitrogens with zero attached hydrogens (tertiary/aromatic N) is 1. The minimum atomic E-state index is -0.891. The molecule has 1 unspecified atom stereocenters. The molecule has 18 heavy (non-hydrogen) atoms. The minimum Gasteiger partial charge on any atom is -0.384 e. The third kappa shape index (κ3) is 2.33. The third-order valence-electron chi connectivity index (χ3n) is 2.91. The molecule has 0 saturated carbocycles. The van der Waals surface area contributed by atoms with Crippen molar-refractivity contribution in [3.8, 4) is 0 Å². The normalized spacial score (nSPS) is 12.4. The molecule has 0 aliphatic carbocycles. The van der Waals surface area contributed by atoms with Gasteiger partial charge in [-0.3, -0.25) is 0 Å². The summed E-state index contributed by atoms with van der Waals surface area (Å²) in [5.74, 6) is -0.0318. The quantitative estimate of drug-likeness (QED) is 0.856. The zero-order chi connectivity index (χ0) is 13.3. The summed E-state index contributed by atoms with van der Waals surface area (Å²) in [6.45, 7) is 3.63. The Balaban J connectivity index is 2.47. The molecule has 2 rings (SSSR count). The predicted molar refractivity (Wildman–Crippen MR) is 68.6 cm³/mol. The van der Waals surface area contributed by atoms with Crippen LogP contribution in [0.25, 0.3) is 0 Å². The third-order valence-corrected chi connectivity index (χ3v) is 2.91. The maximum absolute atomic E-state index is 13.0. The highest BCUT2D eigenvalue weighted by molar-refractivity contribution is 5.47. The summed E-state index contributed by atoms with van der Waals surface area (Å²) in [6.07, 6.45) is 0.751. The van der Waals surface area contributed by atoms with Crippen LogP contribution in [0.5, 0.6) is 0 Å². The highest BCUT2D eigenvalue weighted by atomic mass is 19.1. The average Bonchev–Trinajstić information content (AvgIpc) is 2.31. The molecule has 0 fully saturated rings. The van der Waals surface area contributed by atoms with Crippen molar-refractivity contribution < 1.29 is 9.50 Å². The summed E-state index contributed by atoms with van der Waals surface area (Å²) < 4.78 is 13.0. The lowest BCUT2D eigenvalue weighted by Crippen LogP contribution is -2.07. The summed E-state index contributed by atoms with van der Waals surface area (Å²) in [5.41, 5.74) is 8.54. The first-order valence-corrected chi connectivity index (χ1v) is 5.65. The van der Waals surface area contributed by atoms with Crippen LogP contribution in [-0.2, 0) is 0 Å². The van der Waals surface area contributed by atoms with Crippen LogP contribution in [0.2, 0.25) is 0 Å². The van der Waals surface area contributed by atoms with E-state index in [0.717, 1.165) is 5.56 Å². The second kappa shape index (κ2) is 4.74. The SMILES string of the molecule is Cc1cnc(N)c(C(O)c2ccc(F)cc2C)c1. The van der Waals surface area contributed by atoms with Crippen LogP contribution in [0, 0.1) is 19.7 Å². The van der Waals surface area contributed by atoms with Gasteiger partial charge in [-0.05, 0) is 48.7 Å². The maximum Gasteiger partial charge on any atom is 0.129 e. The molecular weight excluding hydrogens is 231 g/mol. The molecule has 94 valence electrons. The fourth-order valence-electron chi connectivity index (χ4n) is 1.93. The Morgan fingerprint density at radius 3 is 2.61 bits per heavy atom. The summed E-state index contributed by atoms with van der Waals surface area (Å²) in [4.78, 5) is 4.02. The number of aromatic nitrogens is 1. The van der Waals surface area contributed by atoms with Gasteiger partial charge in [0, 0.05) is 11.8 Å². The van der Waals surface area contributed by atoms with Gasteiger partial charge in [0.25, 0.3) is 0 Å². The van der Waals surface area contributed by atoms with Crippen LogP contribution in [0.4, 0.5) is 10.2 Å². The molecule has 2 aromatic rings. The molecule has 0 bridgehead atoms. The molecule has 0 spiro atoms. The topological polar surface area (TPSA) is 59.1 Å². The van der Waals surface area contributed by atoms with Crippen LogP contribution in [0.15, 0.2) is 30.5 Å². The second-order valence-corrected chi connectivity index (χ2v) is 4.39. The molecule has 4 heteroatoms. The number of aliphatic hydroxyl groups is 1. The van der Waals surface area contributed by atoms with Crippen molar-refractivity contribution >= 4 is 5.82 Å². The van der Waals surface area contributed by atoms with Gasteiger partial charge in [0.2, 0.25) is 0 Å². The molecular formula is C14H15FN2O. The number of pyridine rings is 1. The molecule has 3 N–H and O–H groups in total. The van der Waals surface area contributed by atoms with E-state index < -0.39 is 6.10 Å². The first kappa shape index (κ1) is 12.5. The number of rotatable bonds is 2. The lowest BCUT2D eigenvalue weighted by molar-refractivity contribution is 0.219. The Morgan fingerprint density at radius 2 is 1.94 bits per heavy atom. The monoisotopic (exact) mass is 246 g/mol. The van der Waals surface area contributed by atoms with Gasteiger partial charge in [-0.1, -0.05) is 6.07 Å². The van der Waals surface area contributed by atoms with Crippen molar-refractivity contribution in [2.45, 2.75) is 20.0 Å². The van der Waals surface area contributed by atoms with Crippen LogP contribution in [-0.4, -0.2) is 10.1 Å². The van der Waals surface area contributed by atoms with Gasteiger partial charge in [-0.15, -0.1) is 0 Å². The van der Waals surface area contributed by atoms with Crippen molar-refractivity contribution in [3.63, 3.8) is 0 Å². The van der Waals surface area contributed by atoms with Gasteiger partial charge in [0.15, 0.2) is 0 Å². The Kier molecular flexibility index (Phi) is 3.30. The average molecular weight is 246 g/mol. The lowest BCUT2D eigenvalue weighted by Gasteiger charge is -2.16. The molecule has 1 heterocycles. The summed E-state index contributed by atoms with van der Waals surface area (Å²) >= 11 is 0. The first-order chi connectivity index (χ1) is 8.49. The smallest absolute Gasteiger partial charge is 0.129 e. The first-order valence-electron chi connectivity index (χ1n) is 5.65. The predicted octanol–water partition coefficient (Wildman–Crippen LogP) is 2.50. The van der Waals surface area contributed by atoms with Gasteiger partial charge in [0.1, 0.15) is 17.7 Å². The molecule has 0 amide bonds. The molecule has 1 atom stereocenters. The van der Waals surface area contributed by atoms with Crippen molar-refractivity contribution in [1.82, 2.24) is 4.98 Å². The number of benzene rings is 1. The molecule has 1 aromatic carbocycles. The van der Waals surface area contributed by atoms with Crippen molar-refractivity contribution in [3.05, 3.63) is 58.5 Å². The Bertz CT molecular complexity index is 584. The van der Waals surface area contributed by atoms with E-state index in [2.05, 4.69) is 4.98 Å². The number of hydrogen-bond donors (Lipinski definition) is 2. The zero-order valence-electron chi connectivity index (χ0n) is 10.3. The van der Waals surface area contributed by atoms with Crippen molar-refractivity contribution in [1.29, 1.82) is 0 Å². The van der Waals surface area contributed by atoms with Gasteiger partial charge < -0.3 is 10.8 Å². The van der Waals surface area contributed by atoms with Gasteiger partial charge in [-0.25, -0.2) is 9.37 Å². The van der Waals surface area contributed by atoms with Gasteiger partial charge in [-0.2, -0.15) is 0 Å². The van der Waals surface area contributed by atoms with E-state index in [9.17, 15) is 9.50 Å². The van der Waals surface area contributed by atoms with E-state index in [4.69, 9.17) is 5.73 Å². The largest absolute Gasteiger partial charge is 0.384 e. The lowest BCUT2D eigenvalue weighted by atomic mass is 9.97. The van der Waals surface area contributed by atoms with E-state index in [1.54, 1.807) is 25.3 Å². The number of nitrogens with two attached hydrogens (primary N) is 1. The molecule has 0 aliphatic rings. The summed E-state index contributed by atoms with van der Waals surface area (Å²) in [6, 6.07) is 6.07. The Morgan fingerprint density at radius 1 is 1.22 bits per heavy atom. The number of halogens is 1. The van der Waals surface area contributed by atoms with Gasteiger partial charge in [0.05, 0.1) is 0 Å². The van der Waals surface area contributed by atoms with Crippen molar-refractivity contribution in [2.75, 3.05) is 5.73 Å². The van der Waals surface area contributed by atoms with Crippen LogP contribution >= 0.6 is 0 Å². The highest BCUT2D eigenvalue weighted by Crippen LogP contribution is 2.28. The van der Waals surface area contributed by atoms with E-state index in [-0.39, 0.29) is 11.6 Å². The van der Waals surface area contributed by atoms with Crippen LogP contribution in [0.3, 0.4) is 0 Å². The minimum absolute atomic E-state index is 0.289. The summed E-state index contributed by atoms with van der Waals surface area (Å²) in [5, 5.41) is 10.3. The maximum atomic E-state index is 13.0. The standard InChI is InChI=1S/C14H15FN2O/c1-8-5-12(14(16)17-7-8)13(18)11-4-3-10(15)6-9(11)2/h3-7,13,18H,1-2H3,(H2,16,17). The van der Waals surface area contributed by atoms with Crippen molar-refractivity contribution in [2.24, 2.45) is 0 Å². The van der Waals surface area contributed by atoms with E-state index in [0.29, 0.717) is 16.7 Å². The van der Waals surface area contributed by atoms with Crippen LogP contribution < -0.4 is 5.73 Å². The van der Waals surface area contributed by atoms with E-state index in [1.165, 1.54) is 12.1 Å². The Labute approximate surface area is 105 Å². The second-order valence-electron chi connectivity index (χ2n) is 4.39. The molecule has 0 aliphatic heterocycles. The van der Waals surface area contributed by atoms with Gasteiger partial charge >= 0.3 is 0 Å². The molecule has 1 aromatic heterocycles. The van der Waals surface area contributed by atoms with Crippen LogP contribution in [0.1, 0.15) is 28.4 Å². The van der Waals surface area contributed by atoms with E-state index >= 15 is 0 Å². The number of hydrogen-bond acceptors (Lipinski definition) is 3. The zero-order valence-corrected chi connectivity index (χ0v) is 10.3. The Hall–Kier alpha value is -1.94. The number of anilines is 1. The fourth-order valence-corrected chi connectivity index (χ4v) is 1.93. The molecule has 3 nitrogen and oxygen atoms in total. The van der Waals surface area contributed by atoms with E-state index in [1.807, 2.05) is 6.92 Å². The number of aliphatic hydroxyl groups excluding tert-OH is 1. The highest BCUT2D eigenvalue weighted by Gasteiger charge is 2.16. The molecule has 0 radical (unpaired) electrons. The fraction of sp³-hybridized carbons (Fsp3) is 0.214.